The van der Waals surface area contributed by atoms with Crippen molar-refractivity contribution >= 4 is 17.5 Å². The predicted molar refractivity (Wildman–Crippen MR) is 93.4 cm³/mol. The topological polar surface area (TPSA) is 85.3 Å². The number of aromatic nitrogens is 3. The molecule has 1 aromatic carbocycles. The van der Waals surface area contributed by atoms with Gasteiger partial charge in [0.25, 0.3) is 5.89 Å². The molecule has 3 aromatic rings. The summed E-state index contributed by atoms with van der Waals surface area (Å²) in [6.07, 6.45) is 1.48. The van der Waals surface area contributed by atoms with Crippen LogP contribution in [0.25, 0.3) is 11.6 Å². The minimum absolute atomic E-state index is 0.0626. The van der Waals surface area contributed by atoms with Gasteiger partial charge in [0.1, 0.15) is 5.76 Å². The third kappa shape index (κ3) is 3.35. The Bertz CT molecular complexity index is 950. The molecular weight excluding hydrogens is 356 g/mol. The molecule has 0 saturated heterocycles. The number of hydrogen-bond acceptors (Lipinski definition) is 6. The lowest BCUT2D eigenvalue weighted by Crippen LogP contribution is -2.36. The van der Waals surface area contributed by atoms with Gasteiger partial charge < -0.3 is 13.8 Å². The fraction of sp³-hybridized carbons (Fsp3) is 0.333. The van der Waals surface area contributed by atoms with E-state index >= 15 is 0 Å². The fourth-order valence-electron chi connectivity index (χ4n) is 3.07. The molecule has 0 bridgehead atoms. The highest BCUT2D eigenvalue weighted by atomic mass is 35.5. The molecule has 1 aliphatic heterocycles. The number of halogens is 1. The van der Waals surface area contributed by atoms with E-state index in [0.29, 0.717) is 49.2 Å². The Hall–Kier alpha value is -2.67. The van der Waals surface area contributed by atoms with Crippen LogP contribution in [0.15, 0.2) is 33.2 Å². The quantitative estimate of drug-likeness (QED) is 0.699. The van der Waals surface area contributed by atoms with Crippen molar-refractivity contribution in [1.82, 2.24) is 20.3 Å². The molecule has 1 amide bonds. The number of carbonyl (C=O) groups excluding carboxylic acids is 1. The normalized spacial score (nSPS) is 13.7. The van der Waals surface area contributed by atoms with Gasteiger partial charge >= 0.3 is 0 Å². The number of fused-ring (bicyclic) bond motifs is 1. The highest BCUT2D eigenvalue weighted by Crippen LogP contribution is 2.26. The van der Waals surface area contributed by atoms with Crippen LogP contribution in [0.3, 0.4) is 0 Å². The van der Waals surface area contributed by atoms with Gasteiger partial charge in [-0.1, -0.05) is 28.9 Å². The maximum atomic E-state index is 12.5. The van der Waals surface area contributed by atoms with Gasteiger partial charge in [0.05, 0.1) is 0 Å². The van der Waals surface area contributed by atoms with E-state index < -0.39 is 0 Å². The average molecular weight is 373 g/mol. The van der Waals surface area contributed by atoms with Crippen molar-refractivity contribution in [3.05, 3.63) is 52.1 Å². The number of hydrogen-bond donors (Lipinski definition) is 0. The van der Waals surface area contributed by atoms with E-state index in [-0.39, 0.29) is 5.91 Å². The van der Waals surface area contributed by atoms with Crippen molar-refractivity contribution in [2.45, 2.75) is 32.7 Å². The second-order valence-electron chi connectivity index (χ2n) is 6.27. The summed E-state index contributed by atoms with van der Waals surface area (Å²) in [5, 5.41) is 12.5. The Balaban J connectivity index is 1.37. The van der Waals surface area contributed by atoms with Crippen molar-refractivity contribution < 1.29 is 13.7 Å². The molecule has 0 N–H and O–H groups in total. The molecule has 2 aromatic heterocycles. The summed E-state index contributed by atoms with van der Waals surface area (Å²) in [6, 6.07) is 7.55. The van der Waals surface area contributed by atoms with E-state index in [1.54, 1.807) is 13.0 Å². The Morgan fingerprint density at radius 2 is 2.23 bits per heavy atom. The Kier molecular flexibility index (Phi) is 4.46. The van der Waals surface area contributed by atoms with E-state index in [4.69, 9.17) is 20.5 Å². The van der Waals surface area contributed by atoms with Gasteiger partial charge in [-0.15, -0.1) is 10.2 Å². The van der Waals surface area contributed by atoms with Crippen LogP contribution in [0, 0.1) is 6.92 Å². The van der Waals surface area contributed by atoms with Crippen molar-refractivity contribution in [1.29, 1.82) is 0 Å². The third-order valence-corrected chi connectivity index (χ3v) is 4.78. The van der Waals surface area contributed by atoms with Gasteiger partial charge in [0, 0.05) is 37.0 Å². The number of amides is 1. The minimum Gasteiger partial charge on any atom is -0.419 e. The van der Waals surface area contributed by atoms with Crippen LogP contribution in [-0.2, 0) is 24.2 Å². The van der Waals surface area contributed by atoms with Crippen molar-refractivity contribution in [3.63, 3.8) is 0 Å². The van der Waals surface area contributed by atoms with E-state index in [1.807, 2.05) is 23.1 Å². The summed E-state index contributed by atoms with van der Waals surface area (Å²) >= 11 is 6.22. The first kappa shape index (κ1) is 16.8. The maximum Gasteiger partial charge on any atom is 0.269 e. The van der Waals surface area contributed by atoms with Crippen LogP contribution in [0.1, 0.15) is 29.2 Å². The molecule has 0 saturated carbocycles. The first-order chi connectivity index (χ1) is 12.6. The summed E-state index contributed by atoms with van der Waals surface area (Å²) in [7, 11) is 0. The lowest BCUT2D eigenvalue weighted by Gasteiger charge is -2.29. The average Bonchev–Trinajstić information content (AvgIpc) is 3.28. The summed E-state index contributed by atoms with van der Waals surface area (Å²) in [5.41, 5.74) is 2.75. The number of carbonyl (C=O) groups is 1. The molecule has 3 heterocycles. The molecule has 0 fully saturated rings. The molecule has 4 rings (SSSR count). The van der Waals surface area contributed by atoms with Crippen LogP contribution < -0.4 is 0 Å². The smallest absolute Gasteiger partial charge is 0.269 e. The van der Waals surface area contributed by atoms with Crippen molar-refractivity contribution in [2.75, 3.05) is 6.54 Å². The van der Waals surface area contributed by atoms with Crippen LogP contribution in [0.5, 0.6) is 0 Å². The summed E-state index contributed by atoms with van der Waals surface area (Å²) in [4.78, 5) is 14.4. The van der Waals surface area contributed by atoms with Gasteiger partial charge in [-0.2, -0.15) is 0 Å². The first-order valence-corrected chi connectivity index (χ1v) is 8.78. The number of aryl methyl sites for hydroxylation is 2. The van der Waals surface area contributed by atoms with Gasteiger partial charge in [-0.3, -0.25) is 4.79 Å². The highest BCUT2D eigenvalue weighted by Gasteiger charge is 2.22. The predicted octanol–water partition coefficient (Wildman–Crippen LogP) is 3.20. The zero-order valence-corrected chi connectivity index (χ0v) is 15.0. The Labute approximate surface area is 154 Å². The number of nitrogens with zero attached hydrogens (tertiary/aromatic N) is 4. The molecule has 134 valence electrons. The molecule has 0 atom stereocenters. The summed E-state index contributed by atoms with van der Waals surface area (Å²) in [6.45, 7) is 3.04. The zero-order valence-electron chi connectivity index (χ0n) is 14.2. The van der Waals surface area contributed by atoms with E-state index in [1.165, 1.54) is 0 Å². The molecule has 1 aliphatic rings. The molecule has 26 heavy (non-hydrogen) atoms. The second kappa shape index (κ2) is 6.92. The molecule has 0 radical (unpaired) electrons. The largest absolute Gasteiger partial charge is 0.419 e. The van der Waals surface area contributed by atoms with Gasteiger partial charge in [0.2, 0.25) is 11.8 Å². The van der Waals surface area contributed by atoms with Gasteiger partial charge in [-0.25, -0.2) is 0 Å². The van der Waals surface area contributed by atoms with Crippen molar-refractivity contribution in [2.24, 2.45) is 0 Å². The van der Waals surface area contributed by atoms with Crippen LogP contribution in [-0.4, -0.2) is 32.7 Å². The molecule has 0 spiro atoms. The van der Waals surface area contributed by atoms with E-state index in [0.717, 1.165) is 22.6 Å². The van der Waals surface area contributed by atoms with Crippen molar-refractivity contribution in [3.8, 4) is 11.6 Å². The SMILES string of the molecule is Cc1cc(-c2nnc(CCC(=O)N3CCc4c(Cl)cccc4C3)o2)no1. The molecule has 7 nitrogen and oxygen atoms in total. The van der Waals surface area contributed by atoms with Crippen LogP contribution >= 0.6 is 11.6 Å². The second-order valence-corrected chi connectivity index (χ2v) is 6.67. The lowest BCUT2D eigenvalue weighted by molar-refractivity contribution is -0.132. The standard InChI is InChI=1S/C18H17ClN4O3/c1-11-9-15(22-26-11)18-21-20-16(25-18)5-6-17(24)23-8-7-13-12(10-23)3-2-4-14(13)19/h2-4,9H,5-8,10H2,1H3. The zero-order chi connectivity index (χ0) is 18.1. The fourth-order valence-corrected chi connectivity index (χ4v) is 3.36. The molecule has 0 aliphatic carbocycles. The Morgan fingerprint density at radius 3 is 3.04 bits per heavy atom. The minimum atomic E-state index is 0.0626. The summed E-state index contributed by atoms with van der Waals surface area (Å²) in [5.74, 6) is 1.44. The van der Waals surface area contributed by atoms with Gasteiger partial charge in [0.15, 0.2) is 5.69 Å². The van der Waals surface area contributed by atoms with E-state index in [2.05, 4.69) is 15.4 Å². The third-order valence-electron chi connectivity index (χ3n) is 4.43. The maximum absolute atomic E-state index is 12.5. The molecule has 8 heteroatoms. The first-order valence-electron chi connectivity index (χ1n) is 8.40. The number of rotatable bonds is 4. The molecular formula is C18H17ClN4O3. The monoisotopic (exact) mass is 372 g/mol. The summed E-state index contributed by atoms with van der Waals surface area (Å²) < 4.78 is 10.6. The van der Waals surface area contributed by atoms with E-state index in [9.17, 15) is 4.79 Å². The van der Waals surface area contributed by atoms with Gasteiger partial charge in [-0.05, 0) is 30.5 Å². The highest BCUT2D eigenvalue weighted by molar-refractivity contribution is 6.31. The number of benzene rings is 1. The van der Waals surface area contributed by atoms with Crippen LogP contribution in [0.2, 0.25) is 5.02 Å². The molecule has 0 unspecified atom stereocenters. The van der Waals surface area contributed by atoms with Crippen LogP contribution in [0.4, 0.5) is 0 Å². The lowest BCUT2D eigenvalue weighted by atomic mass is 9.99. The Morgan fingerprint density at radius 1 is 1.35 bits per heavy atom.